The van der Waals surface area contributed by atoms with Crippen LogP contribution in [0.4, 0.5) is 5.69 Å². The maximum absolute atomic E-state index is 11.6. The average Bonchev–Trinajstić information content (AvgIpc) is 2.20. The van der Waals surface area contributed by atoms with Gasteiger partial charge in [0, 0.05) is 18.7 Å². The molecule has 0 spiro atoms. The van der Waals surface area contributed by atoms with Crippen molar-refractivity contribution >= 4 is 21.6 Å². The number of nitrogens with one attached hydrogen (secondary N) is 2. The molecule has 1 amide bonds. The number of sulfonamides is 1. The molecule has 0 saturated heterocycles. The first-order valence-electron chi connectivity index (χ1n) is 5.59. The van der Waals surface area contributed by atoms with E-state index in [2.05, 4.69) is 10.0 Å². The Hall–Kier alpha value is -1.40. The van der Waals surface area contributed by atoms with Gasteiger partial charge in [0.25, 0.3) is 0 Å². The van der Waals surface area contributed by atoms with Crippen LogP contribution in [0.5, 0.6) is 0 Å². The SMILES string of the molecule is Cc1ccc(NC(=O)CCNS(C)(=O)=O)c(C)c1. The van der Waals surface area contributed by atoms with Crippen LogP contribution in [0.1, 0.15) is 17.5 Å². The zero-order valence-corrected chi connectivity index (χ0v) is 11.6. The number of benzene rings is 1. The molecule has 1 aromatic carbocycles. The van der Waals surface area contributed by atoms with Crippen LogP contribution >= 0.6 is 0 Å². The molecule has 100 valence electrons. The normalized spacial score (nSPS) is 11.3. The van der Waals surface area contributed by atoms with Crippen LogP contribution in [-0.4, -0.2) is 27.1 Å². The fourth-order valence-corrected chi connectivity index (χ4v) is 1.99. The number of hydrogen-bond donors (Lipinski definition) is 2. The summed E-state index contributed by atoms with van der Waals surface area (Å²) < 4.78 is 23.9. The van der Waals surface area contributed by atoms with Gasteiger partial charge >= 0.3 is 0 Å². The lowest BCUT2D eigenvalue weighted by Crippen LogP contribution is -2.26. The Morgan fingerprint density at radius 1 is 1.28 bits per heavy atom. The van der Waals surface area contributed by atoms with E-state index >= 15 is 0 Å². The van der Waals surface area contributed by atoms with Crippen LogP contribution < -0.4 is 10.0 Å². The molecule has 0 bridgehead atoms. The number of hydrogen-bond acceptors (Lipinski definition) is 3. The number of anilines is 1. The van der Waals surface area contributed by atoms with Gasteiger partial charge in [-0.25, -0.2) is 13.1 Å². The Morgan fingerprint density at radius 2 is 1.94 bits per heavy atom. The highest BCUT2D eigenvalue weighted by Crippen LogP contribution is 2.15. The molecular formula is C12H18N2O3S. The quantitative estimate of drug-likeness (QED) is 0.843. The van der Waals surface area contributed by atoms with Crippen LogP contribution in [-0.2, 0) is 14.8 Å². The zero-order chi connectivity index (χ0) is 13.8. The molecule has 0 unspecified atom stereocenters. The van der Waals surface area contributed by atoms with Crippen molar-refractivity contribution in [2.24, 2.45) is 0 Å². The Bertz CT molecular complexity index is 538. The van der Waals surface area contributed by atoms with Crippen molar-refractivity contribution in [1.29, 1.82) is 0 Å². The predicted octanol–water partition coefficient (Wildman–Crippen LogP) is 1.18. The summed E-state index contributed by atoms with van der Waals surface area (Å²) in [5.41, 5.74) is 2.87. The molecule has 5 nitrogen and oxygen atoms in total. The fraction of sp³-hybridized carbons (Fsp3) is 0.417. The highest BCUT2D eigenvalue weighted by atomic mass is 32.2. The second kappa shape index (κ2) is 5.97. The van der Waals surface area contributed by atoms with Crippen LogP contribution in [0.25, 0.3) is 0 Å². The largest absolute Gasteiger partial charge is 0.326 e. The summed E-state index contributed by atoms with van der Waals surface area (Å²) >= 11 is 0. The van der Waals surface area contributed by atoms with Crippen LogP contribution in [0.15, 0.2) is 18.2 Å². The standard InChI is InChI=1S/C12H18N2O3S/c1-9-4-5-11(10(2)8-9)14-12(15)6-7-13-18(3,16)17/h4-5,8,13H,6-7H2,1-3H3,(H,14,15). The summed E-state index contributed by atoms with van der Waals surface area (Å²) in [6.07, 6.45) is 1.18. The van der Waals surface area contributed by atoms with Crippen molar-refractivity contribution in [2.45, 2.75) is 20.3 Å². The lowest BCUT2D eigenvalue weighted by molar-refractivity contribution is -0.116. The van der Waals surface area contributed by atoms with Crippen molar-refractivity contribution in [1.82, 2.24) is 4.72 Å². The van der Waals surface area contributed by atoms with Gasteiger partial charge in [-0.2, -0.15) is 0 Å². The van der Waals surface area contributed by atoms with E-state index in [4.69, 9.17) is 0 Å². The molecule has 0 fully saturated rings. The molecule has 1 rings (SSSR count). The molecule has 0 aliphatic rings. The molecule has 6 heteroatoms. The van der Waals surface area contributed by atoms with E-state index in [0.717, 1.165) is 23.1 Å². The number of carbonyl (C=O) groups is 1. The van der Waals surface area contributed by atoms with Gasteiger partial charge in [-0.3, -0.25) is 4.79 Å². The molecular weight excluding hydrogens is 252 g/mol. The van der Waals surface area contributed by atoms with Gasteiger partial charge in [-0.05, 0) is 25.5 Å². The molecule has 2 N–H and O–H groups in total. The Labute approximate surface area is 108 Å². The van der Waals surface area contributed by atoms with Crippen LogP contribution in [0.2, 0.25) is 0 Å². The zero-order valence-electron chi connectivity index (χ0n) is 10.8. The van der Waals surface area contributed by atoms with Gasteiger partial charge in [0.2, 0.25) is 15.9 Å². The first-order chi connectivity index (χ1) is 8.28. The molecule has 0 heterocycles. The smallest absolute Gasteiger partial charge is 0.225 e. The summed E-state index contributed by atoms with van der Waals surface area (Å²) in [5, 5.41) is 2.75. The molecule has 0 radical (unpaired) electrons. The first kappa shape index (κ1) is 14.7. The number of carbonyl (C=O) groups excluding carboxylic acids is 1. The third-order valence-corrected chi connectivity index (χ3v) is 3.10. The topological polar surface area (TPSA) is 75.3 Å². The molecule has 0 aliphatic heterocycles. The predicted molar refractivity (Wildman–Crippen MR) is 72.0 cm³/mol. The third kappa shape index (κ3) is 5.29. The van der Waals surface area contributed by atoms with Crippen molar-refractivity contribution in [3.05, 3.63) is 29.3 Å². The van der Waals surface area contributed by atoms with Crippen molar-refractivity contribution in [3.8, 4) is 0 Å². The summed E-state index contributed by atoms with van der Waals surface area (Å²) in [6.45, 7) is 4.00. The summed E-state index contributed by atoms with van der Waals surface area (Å²) in [6, 6.07) is 5.73. The number of rotatable bonds is 5. The second-order valence-electron chi connectivity index (χ2n) is 4.28. The van der Waals surface area contributed by atoms with Gasteiger partial charge < -0.3 is 5.32 Å². The lowest BCUT2D eigenvalue weighted by Gasteiger charge is -2.09. The van der Waals surface area contributed by atoms with Gasteiger partial charge in [-0.1, -0.05) is 17.7 Å². The van der Waals surface area contributed by atoms with Crippen LogP contribution in [0.3, 0.4) is 0 Å². The molecule has 0 aromatic heterocycles. The van der Waals surface area contributed by atoms with Gasteiger partial charge in [0.1, 0.15) is 0 Å². The number of amides is 1. The van der Waals surface area contributed by atoms with E-state index in [1.807, 2.05) is 32.0 Å². The molecule has 0 aliphatic carbocycles. The Kier molecular flexibility index (Phi) is 4.86. The summed E-state index contributed by atoms with van der Waals surface area (Å²) in [5.74, 6) is -0.210. The second-order valence-corrected chi connectivity index (χ2v) is 6.12. The van der Waals surface area contributed by atoms with Crippen molar-refractivity contribution in [2.75, 3.05) is 18.1 Å². The summed E-state index contributed by atoms with van der Waals surface area (Å²) in [4.78, 5) is 11.6. The maximum atomic E-state index is 11.6. The number of aryl methyl sites for hydroxylation is 2. The van der Waals surface area contributed by atoms with E-state index in [0.29, 0.717) is 0 Å². The Morgan fingerprint density at radius 3 is 2.50 bits per heavy atom. The van der Waals surface area contributed by atoms with E-state index in [1.165, 1.54) is 0 Å². The van der Waals surface area contributed by atoms with Crippen molar-refractivity contribution < 1.29 is 13.2 Å². The van der Waals surface area contributed by atoms with E-state index in [9.17, 15) is 13.2 Å². The summed E-state index contributed by atoms with van der Waals surface area (Å²) in [7, 11) is -3.24. The minimum Gasteiger partial charge on any atom is -0.326 e. The maximum Gasteiger partial charge on any atom is 0.225 e. The first-order valence-corrected chi connectivity index (χ1v) is 7.49. The van der Waals surface area contributed by atoms with E-state index in [-0.39, 0.29) is 18.9 Å². The van der Waals surface area contributed by atoms with E-state index in [1.54, 1.807) is 0 Å². The molecule has 0 saturated carbocycles. The van der Waals surface area contributed by atoms with Gasteiger partial charge in [0.05, 0.1) is 6.26 Å². The fourth-order valence-electron chi connectivity index (χ4n) is 1.52. The van der Waals surface area contributed by atoms with Crippen LogP contribution in [0, 0.1) is 13.8 Å². The molecule has 18 heavy (non-hydrogen) atoms. The highest BCUT2D eigenvalue weighted by molar-refractivity contribution is 7.88. The minimum atomic E-state index is -3.24. The minimum absolute atomic E-state index is 0.107. The van der Waals surface area contributed by atoms with Crippen molar-refractivity contribution in [3.63, 3.8) is 0 Å². The molecule has 1 aromatic rings. The lowest BCUT2D eigenvalue weighted by atomic mass is 10.1. The average molecular weight is 270 g/mol. The Balaban J connectivity index is 2.50. The molecule has 0 atom stereocenters. The third-order valence-electron chi connectivity index (χ3n) is 2.37. The van der Waals surface area contributed by atoms with Gasteiger partial charge in [-0.15, -0.1) is 0 Å². The highest BCUT2D eigenvalue weighted by Gasteiger charge is 2.06. The van der Waals surface area contributed by atoms with E-state index < -0.39 is 10.0 Å². The monoisotopic (exact) mass is 270 g/mol. The van der Waals surface area contributed by atoms with Gasteiger partial charge in [0.15, 0.2) is 0 Å².